The number of rotatable bonds is 6. The third-order valence-corrected chi connectivity index (χ3v) is 4.24. The van der Waals surface area contributed by atoms with Crippen LogP contribution in [0.4, 0.5) is 18.9 Å². The van der Waals surface area contributed by atoms with Gasteiger partial charge in [0.2, 0.25) is 5.91 Å². The molecule has 1 aromatic rings. The van der Waals surface area contributed by atoms with Crippen LogP contribution >= 0.6 is 0 Å². The minimum atomic E-state index is -4.85. The summed E-state index contributed by atoms with van der Waals surface area (Å²) in [5, 5.41) is 2.79. The van der Waals surface area contributed by atoms with Crippen LogP contribution in [0.1, 0.15) is 27.2 Å². The molecule has 2 unspecified atom stereocenters. The Morgan fingerprint density at radius 1 is 1.36 bits per heavy atom. The second kappa shape index (κ2) is 7.92. The molecule has 154 valence electrons. The summed E-state index contributed by atoms with van der Waals surface area (Å²) in [6, 6.07) is 5.22. The number of nitrogens with zero attached hydrogens (tertiary/aromatic N) is 1. The smallest absolute Gasteiger partial charge is 0.406 e. The Hall–Kier alpha value is -2.39. The van der Waals surface area contributed by atoms with Crippen LogP contribution in [-0.2, 0) is 9.59 Å². The predicted molar refractivity (Wildman–Crippen MR) is 99.0 cm³/mol. The molecule has 1 aliphatic rings. The van der Waals surface area contributed by atoms with Crippen LogP contribution in [0.3, 0.4) is 0 Å². The minimum Gasteiger partial charge on any atom is -0.406 e. The van der Waals surface area contributed by atoms with E-state index in [-0.39, 0.29) is 25.2 Å². The lowest BCUT2D eigenvalue weighted by atomic mass is 10.0. The van der Waals surface area contributed by atoms with Crippen molar-refractivity contribution < 1.29 is 27.5 Å². The van der Waals surface area contributed by atoms with Gasteiger partial charge >= 0.3 is 12.3 Å². The summed E-state index contributed by atoms with van der Waals surface area (Å²) < 4.78 is 41.2. The van der Waals surface area contributed by atoms with Gasteiger partial charge in [-0.1, -0.05) is 12.1 Å². The van der Waals surface area contributed by atoms with Gasteiger partial charge in [0.25, 0.3) is 0 Å². The third kappa shape index (κ3) is 5.11. The number of amides is 2. The van der Waals surface area contributed by atoms with Gasteiger partial charge in [-0.3, -0.25) is 4.79 Å². The van der Waals surface area contributed by atoms with Crippen LogP contribution in [0, 0.1) is 5.92 Å². The number of carbonyl (C=O) groups is 2. The summed E-state index contributed by atoms with van der Waals surface area (Å²) >= 11 is 0. The van der Waals surface area contributed by atoms with E-state index in [0.717, 1.165) is 12.1 Å². The maximum atomic E-state index is 13.2. The average molecular weight is 400 g/mol. The molecule has 1 saturated heterocycles. The van der Waals surface area contributed by atoms with Gasteiger partial charge in [0.15, 0.2) is 11.6 Å². The second-order valence-corrected chi connectivity index (χ2v) is 7.65. The highest BCUT2D eigenvalue weighted by Gasteiger charge is 2.53. The number of benzene rings is 1. The summed E-state index contributed by atoms with van der Waals surface area (Å²) in [7, 11) is 0. The van der Waals surface area contributed by atoms with Crippen molar-refractivity contribution in [1.29, 1.82) is 0 Å². The summed E-state index contributed by atoms with van der Waals surface area (Å²) in [5.74, 6) is -2.18. The number of nitrogens with one attached hydrogen (secondary N) is 2. The van der Waals surface area contributed by atoms with Crippen LogP contribution in [0.5, 0.6) is 5.75 Å². The molecule has 1 heterocycles. The Balaban J connectivity index is 2.38. The van der Waals surface area contributed by atoms with Crippen molar-refractivity contribution in [1.82, 2.24) is 15.3 Å². The molecule has 1 aliphatic heterocycles. The number of ether oxygens (including phenoxy) is 1. The van der Waals surface area contributed by atoms with Crippen molar-refractivity contribution in [3.8, 4) is 5.75 Å². The van der Waals surface area contributed by atoms with Gasteiger partial charge in [0.1, 0.15) is 12.3 Å². The number of quaternary nitrogens is 1. The summed E-state index contributed by atoms with van der Waals surface area (Å²) in [4.78, 5) is 25.8. The molecule has 2 atom stereocenters. The maximum absolute atomic E-state index is 13.2. The van der Waals surface area contributed by atoms with E-state index >= 15 is 0 Å². The lowest BCUT2D eigenvalue weighted by Crippen LogP contribution is -2.62. The predicted octanol–water partition coefficient (Wildman–Crippen LogP) is 3.04. The third-order valence-electron chi connectivity index (χ3n) is 4.24. The first-order chi connectivity index (χ1) is 12.9. The van der Waals surface area contributed by atoms with Gasteiger partial charge in [-0.05, 0) is 26.8 Å². The molecule has 1 fully saturated rings. The molecular formula is C19H25F3N3O3+. The number of alkyl halides is 3. The Morgan fingerprint density at radius 2 is 2.04 bits per heavy atom. The molecule has 28 heavy (non-hydrogen) atoms. The molecule has 2 N–H and O–H groups in total. The molecular weight excluding hydrogens is 375 g/mol. The van der Waals surface area contributed by atoms with Crippen molar-refractivity contribution >= 4 is 17.5 Å². The number of halogens is 3. The molecule has 0 bridgehead atoms. The number of carbonyl (C=O) groups excluding carboxylic acids is 2. The van der Waals surface area contributed by atoms with E-state index in [2.05, 4.69) is 22.1 Å². The number of hydrogen-bond donors (Lipinski definition) is 2. The largest absolute Gasteiger partial charge is 0.573 e. The highest BCUT2D eigenvalue weighted by atomic mass is 19.4. The maximum Gasteiger partial charge on any atom is 0.573 e. The van der Waals surface area contributed by atoms with Crippen molar-refractivity contribution in [2.24, 2.45) is 5.92 Å². The fraction of sp³-hybridized carbons (Fsp3) is 0.474. The Morgan fingerprint density at radius 3 is 2.61 bits per heavy atom. The monoisotopic (exact) mass is 400 g/mol. The lowest BCUT2D eigenvalue weighted by Gasteiger charge is -2.31. The van der Waals surface area contributed by atoms with E-state index < -0.39 is 40.0 Å². The molecule has 0 aromatic heterocycles. The second-order valence-electron chi connectivity index (χ2n) is 7.65. The van der Waals surface area contributed by atoms with Crippen molar-refractivity contribution in [3.05, 3.63) is 36.9 Å². The molecule has 6 nitrogen and oxygen atoms in total. The summed E-state index contributed by atoms with van der Waals surface area (Å²) in [6.07, 6.45) is -3.05. The van der Waals surface area contributed by atoms with E-state index in [0.29, 0.717) is 0 Å². The summed E-state index contributed by atoms with van der Waals surface area (Å²) in [5.41, 5.74) is 2.76. The first kappa shape index (κ1) is 21.9. The summed E-state index contributed by atoms with van der Waals surface area (Å²) in [6.45, 7) is 9.46. The van der Waals surface area contributed by atoms with Gasteiger partial charge in [-0.25, -0.2) is 4.79 Å². The zero-order valence-electron chi connectivity index (χ0n) is 16.1. The van der Waals surface area contributed by atoms with Crippen LogP contribution in [0.15, 0.2) is 36.9 Å². The Bertz CT molecular complexity index is 759. The first-order valence-corrected chi connectivity index (χ1v) is 8.85. The highest BCUT2D eigenvalue weighted by Crippen LogP contribution is 2.35. The van der Waals surface area contributed by atoms with Crippen LogP contribution < -0.4 is 20.1 Å². The minimum absolute atomic E-state index is 0.213. The molecule has 0 spiro atoms. The quantitative estimate of drug-likeness (QED) is 0.438. The van der Waals surface area contributed by atoms with E-state index in [1.165, 1.54) is 18.2 Å². The standard InChI is InChI=1S/C19H24F3N3O3/c1-5-10-23-25(13-7-6-8-14(12-13)28-19(20,21)22)11-9-15(17(25)27)16(26)24-18(2,3)4/h5-8,12,15,23H,1,9-11H2,2-4H3/p+1. The van der Waals surface area contributed by atoms with Gasteiger partial charge in [0, 0.05) is 24.1 Å². The molecule has 0 saturated carbocycles. The Kier molecular flexibility index (Phi) is 6.20. The van der Waals surface area contributed by atoms with Crippen molar-refractivity contribution in [3.63, 3.8) is 0 Å². The Labute approximate surface area is 161 Å². The normalized spacial score (nSPS) is 22.8. The molecule has 0 aliphatic carbocycles. The number of hydrogen-bond acceptors (Lipinski definition) is 4. The molecule has 9 heteroatoms. The topological polar surface area (TPSA) is 67.4 Å². The fourth-order valence-electron chi connectivity index (χ4n) is 3.17. The zero-order valence-corrected chi connectivity index (χ0v) is 16.1. The SMILES string of the molecule is C=CCN[N+]1(c2cccc(OC(F)(F)F)c2)CCC(C(=O)NC(C)(C)C)C1=O. The van der Waals surface area contributed by atoms with Gasteiger partial charge in [-0.15, -0.1) is 19.8 Å². The lowest BCUT2D eigenvalue weighted by molar-refractivity contribution is -0.274. The highest BCUT2D eigenvalue weighted by molar-refractivity contribution is 6.06. The average Bonchev–Trinajstić information content (AvgIpc) is 2.88. The molecule has 2 rings (SSSR count). The van der Waals surface area contributed by atoms with E-state index in [9.17, 15) is 22.8 Å². The van der Waals surface area contributed by atoms with Crippen LogP contribution in [-0.4, -0.2) is 36.8 Å². The van der Waals surface area contributed by atoms with Gasteiger partial charge in [-0.2, -0.15) is 10.0 Å². The van der Waals surface area contributed by atoms with E-state index in [1.807, 2.05) is 0 Å². The van der Waals surface area contributed by atoms with E-state index in [1.54, 1.807) is 20.8 Å². The molecule has 2 amide bonds. The molecule has 0 radical (unpaired) electrons. The van der Waals surface area contributed by atoms with Crippen LogP contribution in [0.2, 0.25) is 0 Å². The van der Waals surface area contributed by atoms with Crippen LogP contribution in [0.25, 0.3) is 0 Å². The van der Waals surface area contributed by atoms with E-state index in [4.69, 9.17) is 0 Å². The first-order valence-electron chi connectivity index (χ1n) is 8.85. The van der Waals surface area contributed by atoms with Gasteiger partial charge in [0.05, 0.1) is 6.54 Å². The molecule has 1 aromatic carbocycles. The fourth-order valence-corrected chi connectivity index (χ4v) is 3.17. The van der Waals surface area contributed by atoms with Crippen molar-refractivity contribution in [2.75, 3.05) is 13.1 Å². The zero-order chi connectivity index (χ0) is 21.2. The van der Waals surface area contributed by atoms with Gasteiger partial charge < -0.3 is 10.1 Å². The van der Waals surface area contributed by atoms with Crippen molar-refractivity contribution in [2.45, 2.75) is 39.1 Å².